The van der Waals surface area contributed by atoms with E-state index in [9.17, 15) is 17.2 Å². The van der Waals surface area contributed by atoms with Crippen molar-refractivity contribution in [2.75, 3.05) is 20.3 Å². The molecule has 0 saturated carbocycles. The first kappa shape index (κ1) is 18.3. The molecule has 2 rings (SSSR count). The molecule has 1 aliphatic rings. The van der Waals surface area contributed by atoms with Gasteiger partial charge in [-0.1, -0.05) is 6.07 Å². The maximum Gasteiger partial charge on any atom is 0.279 e. The summed E-state index contributed by atoms with van der Waals surface area (Å²) in [6.07, 6.45) is 1.21. The van der Waals surface area contributed by atoms with Gasteiger partial charge in [0.05, 0.1) is 0 Å². The van der Waals surface area contributed by atoms with Crippen molar-refractivity contribution in [3.05, 3.63) is 35.4 Å². The summed E-state index contributed by atoms with van der Waals surface area (Å²) < 4.78 is 61.1. The van der Waals surface area contributed by atoms with Crippen LogP contribution < -0.4 is 4.72 Å². The average Bonchev–Trinajstić information content (AvgIpc) is 2.51. The quantitative estimate of drug-likeness (QED) is 0.853. The fourth-order valence-electron chi connectivity index (χ4n) is 2.66. The molecule has 0 amide bonds. The van der Waals surface area contributed by atoms with Gasteiger partial charge in [0.25, 0.3) is 10.2 Å². The number of hydrogen-bond acceptors (Lipinski definition) is 3. The van der Waals surface area contributed by atoms with Gasteiger partial charge in [0.1, 0.15) is 11.6 Å². The molecule has 0 aromatic heterocycles. The summed E-state index contributed by atoms with van der Waals surface area (Å²) in [7, 11) is -2.21. The Morgan fingerprint density at radius 3 is 2.43 bits per heavy atom. The van der Waals surface area contributed by atoms with E-state index in [4.69, 9.17) is 4.74 Å². The van der Waals surface area contributed by atoms with Gasteiger partial charge in [-0.15, -0.1) is 0 Å². The zero-order valence-electron chi connectivity index (χ0n) is 13.3. The van der Waals surface area contributed by atoms with E-state index in [0.717, 1.165) is 12.1 Å². The second kappa shape index (κ2) is 7.65. The van der Waals surface area contributed by atoms with E-state index >= 15 is 0 Å². The first-order valence-electron chi connectivity index (χ1n) is 7.57. The summed E-state index contributed by atoms with van der Waals surface area (Å²) >= 11 is 0. The topological polar surface area (TPSA) is 58.6 Å². The van der Waals surface area contributed by atoms with Gasteiger partial charge in [0, 0.05) is 37.9 Å². The van der Waals surface area contributed by atoms with E-state index in [1.807, 2.05) is 0 Å². The molecule has 1 atom stereocenters. The average molecular weight is 348 g/mol. The number of ether oxygens (including phenoxy) is 1. The first-order valence-corrected chi connectivity index (χ1v) is 9.01. The van der Waals surface area contributed by atoms with E-state index in [-0.39, 0.29) is 18.0 Å². The molecule has 1 aliphatic heterocycles. The van der Waals surface area contributed by atoms with E-state index < -0.39 is 27.9 Å². The Morgan fingerprint density at radius 1 is 1.30 bits per heavy atom. The van der Waals surface area contributed by atoms with Crippen molar-refractivity contribution in [1.82, 2.24) is 9.03 Å². The van der Waals surface area contributed by atoms with Crippen LogP contribution >= 0.6 is 0 Å². The van der Waals surface area contributed by atoms with Crippen LogP contribution in [0.25, 0.3) is 0 Å². The Kier molecular flexibility index (Phi) is 6.07. The Balaban J connectivity index is 2.01. The molecular formula is C15H22F2N2O3S. The highest BCUT2D eigenvalue weighted by molar-refractivity contribution is 7.87. The third-order valence-electron chi connectivity index (χ3n) is 4.01. The van der Waals surface area contributed by atoms with E-state index in [0.29, 0.717) is 26.1 Å². The number of rotatable bonds is 6. The molecule has 1 saturated heterocycles. The smallest absolute Gasteiger partial charge is 0.279 e. The molecule has 130 valence electrons. The molecule has 1 fully saturated rings. The Morgan fingerprint density at radius 2 is 1.87 bits per heavy atom. The molecule has 8 heteroatoms. The summed E-state index contributed by atoms with van der Waals surface area (Å²) in [5.41, 5.74) is -0.114. The summed E-state index contributed by atoms with van der Waals surface area (Å²) in [6, 6.07) is 2.84. The number of hydrogen-bond donors (Lipinski definition) is 1. The standard InChI is InChI=1S/C15H22F2N2O3S/c1-11(10-13-14(16)4-3-5-15(13)17)18-23(20,21)19(2)12-6-8-22-9-7-12/h3-5,11-12,18H,6-10H2,1-2H3/t11-/m0/s1. The van der Waals surface area contributed by atoms with Crippen molar-refractivity contribution >= 4 is 10.2 Å². The van der Waals surface area contributed by atoms with Gasteiger partial charge in [-0.3, -0.25) is 0 Å². The molecule has 0 unspecified atom stereocenters. The summed E-state index contributed by atoms with van der Waals surface area (Å²) in [4.78, 5) is 0. The highest BCUT2D eigenvalue weighted by atomic mass is 32.2. The maximum absolute atomic E-state index is 13.7. The van der Waals surface area contributed by atoms with Crippen LogP contribution in [0, 0.1) is 11.6 Å². The lowest BCUT2D eigenvalue weighted by Crippen LogP contribution is -2.49. The summed E-state index contributed by atoms with van der Waals surface area (Å²) in [5, 5.41) is 0. The van der Waals surface area contributed by atoms with Crippen LogP contribution in [0.1, 0.15) is 25.3 Å². The zero-order chi connectivity index (χ0) is 17.0. The molecule has 0 radical (unpaired) electrons. The molecule has 23 heavy (non-hydrogen) atoms. The highest BCUT2D eigenvalue weighted by Crippen LogP contribution is 2.17. The molecular weight excluding hydrogens is 326 g/mol. The van der Waals surface area contributed by atoms with Crippen molar-refractivity contribution in [3.8, 4) is 0 Å². The van der Waals surface area contributed by atoms with Gasteiger partial charge < -0.3 is 4.74 Å². The van der Waals surface area contributed by atoms with Crippen LogP contribution in [-0.4, -0.2) is 45.1 Å². The predicted octanol–water partition coefficient (Wildman–Crippen LogP) is 1.84. The van der Waals surface area contributed by atoms with Crippen molar-refractivity contribution in [3.63, 3.8) is 0 Å². The molecule has 0 spiro atoms. The minimum Gasteiger partial charge on any atom is -0.381 e. The minimum absolute atomic E-state index is 0.0562. The molecule has 1 aromatic rings. The van der Waals surface area contributed by atoms with Crippen molar-refractivity contribution in [1.29, 1.82) is 0 Å². The number of halogens is 2. The second-order valence-corrected chi connectivity index (χ2v) is 7.55. The third kappa shape index (κ3) is 4.69. The summed E-state index contributed by atoms with van der Waals surface area (Å²) in [5.74, 6) is -1.34. The summed E-state index contributed by atoms with van der Waals surface area (Å²) in [6.45, 7) is 2.64. The Labute approximate surface area is 135 Å². The van der Waals surface area contributed by atoms with Gasteiger partial charge >= 0.3 is 0 Å². The first-order chi connectivity index (χ1) is 10.8. The van der Waals surface area contributed by atoms with Crippen molar-refractivity contribution < 1.29 is 21.9 Å². The van der Waals surface area contributed by atoms with Crippen molar-refractivity contribution in [2.45, 2.75) is 38.3 Å². The molecule has 5 nitrogen and oxygen atoms in total. The fraction of sp³-hybridized carbons (Fsp3) is 0.600. The van der Waals surface area contributed by atoms with Gasteiger partial charge in [0.15, 0.2) is 0 Å². The van der Waals surface area contributed by atoms with E-state index in [1.54, 1.807) is 6.92 Å². The lowest BCUT2D eigenvalue weighted by atomic mass is 10.1. The fourth-order valence-corrected chi connectivity index (χ4v) is 4.02. The molecule has 0 bridgehead atoms. The normalized spacial score (nSPS) is 18.3. The van der Waals surface area contributed by atoms with E-state index in [2.05, 4.69) is 4.72 Å². The largest absolute Gasteiger partial charge is 0.381 e. The van der Waals surface area contributed by atoms with Crippen LogP contribution in [0.2, 0.25) is 0 Å². The van der Waals surface area contributed by atoms with Gasteiger partial charge in [0.2, 0.25) is 0 Å². The van der Waals surface area contributed by atoms with Crippen molar-refractivity contribution in [2.24, 2.45) is 0 Å². The second-order valence-electron chi connectivity index (χ2n) is 5.79. The lowest BCUT2D eigenvalue weighted by molar-refractivity contribution is 0.0629. The van der Waals surface area contributed by atoms with Gasteiger partial charge in [-0.05, 0) is 38.3 Å². The number of benzene rings is 1. The van der Waals surface area contributed by atoms with Crippen LogP contribution in [0.5, 0.6) is 0 Å². The van der Waals surface area contributed by atoms with Crippen LogP contribution in [0.15, 0.2) is 18.2 Å². The highest BCUT2D eigenvalue weighted by Gasteiger charge is 2.29. The molecule has 1 aromatic carbocycles. The molecule has 1 N–H and O–H groups in total. The minimum atomic E-state index is -3.72. The zero-order valence-corrected chi connectivity index (χ0v) is 14.1. The van der Waals surface area contributed by atoms with E-state index in [1.165, 1.54) is 17.4 Å². The van der Waals surface area contributed by atoms with Crippen LogP contribution in [0.3, 0.4) is 0 Å². The Bertz CT molecular complexity index is 613. The predicted molar refractivity (Wildman–Crippen MR) is 83.2 cm³/mol. The van der Waals surface area contributed by atoms with Gasteiger partial charge in [-0.2, -0.15) is 17.4 Å². The number of nitrogens with zero attached hydrogens (tertiary/aromatic N) is 1. The Hall–Kier alpha value is -1.09. The van der Waals surface area contributed by atoms with Crippen LogP contribution in [0.4, 0.5) is 8.78 Å². The third-order valence-corrected chi connectivity index (χ3v) is 5.76. The SMILES string of the molecule is C[C@@H](Cc1c(F)cccc1F)NS(=O)(=O)N(C)C1CCOCC1. The lowest BCUT2D eigenvalue weighted by Gasteiger charge is -2.31. The van der Waals surface area contributed by atoms with Crippen LogP contribution in [-0.2, 0) is 21.4 Å². The number of nitrogens with one attached hydrogen (secondary N) is 1. The van der Waals surface area contributed by atoms with Gasteiger partial charge in [-0.25, -0.2) is 8.78 Å². The monoisotopic (exact) mass is 348 g/mol. The molecule has 1 heterocycles. The maximum atomic E-state index is 13.7. The molecule has 0 aliphatic carbocycles.